The van der Waals surface area contributed by atoms with Gasteiger partial charge in [-0.1, -0.05) is 70.8 Å². The molecule has 0 saturated heterocycles. The van der Waals surface area contributed by atoms with Crippen molar-refractivity contribution in [2.45, 2.75) is 77.9 Å². The minimum absolute atomic E-state index is 0.389. The SMILES string of the molecule is C=C(CCC(C)C(S)/C=C\C)CC(CC)CCCC. The standard InChI is InChI=1S/C18H34S/c1-6-9-11-17(8-3)14-15(4)12-13-16(5)18(19)10-7-2/h7,10,16-19H,4,6,8-9,11-14H2,1-3,5H3/b10-7-. The Labute approximate surface area is 127 Å². The van der Waals surface area contributed by atoms with Gasteiger partial charge in [-0.05, 0) is 38.0 Å². The Bertz CT molecular complexity index is 254. The molecule has 1 heteroatoms. The van der Waals surface area contributed by atoms with Gasteiger partial charge in [-0.3, -0.25) is 0 Å². The molecule has 0 radical (unpaired) electrons. The molecular weight excluding hydrogens is 248 g/mol. The minimum Gasteiger partial charge on any atom is -0.171 e. The van der Waals surface area contributed by atoms with E-state index in [-0.39, 0.29) is 0 Å². The fourth-order valence-electron chi connectivity index (χ4n) is 2.44. The van der Waals surface area contributed by atoms with Crippen LogP contribution in [0.3, 0.4) is 0 Å². The largest absolute Gasteiger partial charge is 0.171 e. The molecule has 0 nitrogen and oxygen atoms in total. The first-order valence-corrected chi connectivity index (χ1v) is 8.54. The van der Waals surface area contributed by atoms with E-state index in [1.165, 1.54) is 50.5 Å². The van der Waals surface area contributed by atoms with Crippen molar-refractivity contribution in [2.24, 2.45) is 11.8 Å². The van der Waals surface area contributed by atoms with Crippen molar-refractivity contribution in [3.63, 3.8) is 0 Å². The first-order valence-electron chi connectivity index (χ1n) is 8.02. The van der Waals surface area contributed by atoms with Gasteiger partial charge in [-0.15, -0.1) is 0 Å². The van der Waals surface area contributed by atoms with Crippen LogP contribution in [0.1, 0.15) is 72.6 Å². The summed E-state index contributed by atoms with van der Waals surface area (Å²) >= 11 is 4.63. The zero-order valence-corrected chi connectivity index (χ0v) is 14.4. The highest BCUT2D eigenvalue weighted by atomic mass is 32.1. The van der Waals surface area contributed by atoms with E-state index >= 15 is 0 Å². The smallest absolute Gasteiger partial charge is 0.0222 e. The summed E-state index contributed by atoms with van der Waals surface area (Å²) in [5, 5.41) is 0.389. The number of hydrogen-bond acceptors (Lipinski definition) is 1. The molecule has 0 spiro atoms. The van der Waals surface area contributed by atoms with Crippen LogP contribution >= 0.6 is 12.6 Å². The van der Waals surface area contributed by atoms with E-state index in [9.17, 15) is 0 Å². The molecule has 0 rings (SSSR count). The van der Waals surface area contributed by atoms with Crippen LogP contribution < -0.4 is 0 Å². The maximum atomic E-state index is 4.63. The first kappa shape index (κ1) is 18.8. The monoisotopic (exact) mass is 282 g/mol. The molecule has 0 bridgehead atoms. The van der Waals surface area contributed by atoms with Crippen LogP contribution in [0.5, 0.6) is 0 Å². The van der Waals surface area contributed by atoms with E-state index < -0.39 is 0 Å². The molecule has 0 heterocycles. The van der Waals surface area contributed by atoms with Gasteiger partial charge in [0, 0.05) is 5.25 Å². The Kier molecular flexibility index (Phi) is 11.5. The van der Waals surface area contributed by atoms with E-state index in [2.05, 4.69) is 59.1 Å². The third-order valence-corrected chi connectivity index (χ3v) is 4.73. The molecule has 0 aliphatic carbocycles. The van der Waals surface area contributed by atoms with E-state index in [0.29, 0.717) is 11.2 Å². The van der Waals surface area contributed by atoms with Crippen LogP contribution in [-0.2, 0) is 0 Å². The summed E-state index contributed by atoms with van der Waals surface area (Å²) < 4.78 is 0. The predicted octanol–water partition coefficient (Wildman–Crippen LogP) is 6.44. The molecule has 0 aliphatic heterocycles. The van der Waals surface area contributed by atoms with Gasteiger partial charge in [0.1, 0.15) is 0 Å². The molecular formula is C18H34S. The number of hydrogen-bond donors (Lipinski definition) is 1. The minimum atomic E-state index is 0.389. The average Bonchev–Trinajstić information content (AvgIpc) is 2.40. The Morgan fingerprint density at radius 2 is 1.95 bits per heavy atom. The lowest BCUT2D eigenvalue weighted by Crippen LogP contribution is -2.09. The van der Waals surface area contributed by atoms with Crippen LogP contribution in [-0.4, -0.2) is 5.25 Å². The van der Waals surface area contributed by atoms with Crippen LogP contribution in [0.4, 0.5) is 0 Å². The van der Waals surface area contributed by atoms with E-state index in [1.54, 1.807) is 0 Å². The second-order valence-corrected chi connectivity index (χ2v) is 6.50. The molecule has 3 unspecified atom stereocenters. The summed E-state index contributed by atoms with van der Waals surface area (Å²) in [6.07, 6.45) is 13.2. The van der Waals surface area contributed by atoms with Crippen LogP contribution in [0.2, 0.25) is 0 Å². The number of unbranched alkanes of at least 4 members (excludes halogenated alkanes) is 1. The normalized spacial score (nSPS) is 16.5. The van der Waals surface area contributed by atoms with Crippen molar-refractivity contribution in [3.05, 3.63) is 24.3 Å². The fraction of sp³-hybridized carbons (Fsp3) is 0.778. The third kappa shape index (κ3) is 9.38. The molecule has 3 atom stereocenters. The van der Waals surface area contributed by atoms with Gasteiger partial charge in [0.05, 0.1) is 0 Å². The molecule has 0 amide bonds. The second kappa shape index (κ2) is 11.6. The second-order valence-electron chi connectivity index (χ2n) is 5.90. The molecule has 0 saturated carbocycles. The van der Waals surface area contributed by atoms with E-state index in [0.717, 1.165) is 5.92 Å². The molecule has 0 N–H and O–H groups in total. The molecule has 112 valence electrons. The van der Waals surface area contributed by atoms with Crippen LogP contribution in [0.15, 0.2) is 24.3 Å². The Morgan fingerprint density at radius 1 is 1.26 bits per heavy atom. The lowest BCUT2D eigenvalue weighted by atomic mass is 9.89. The van der Waals surface area contributed by atoms with Crippen LogP contribution in [0, 0.1) is 11.8 Å². The van der Waals surface area contributed by atoms with Crippen molar-refractivity contribution in [3.8, 4) is 0 Å². The highest BCUT2D eigenvalue weighted by Crippen LogP contribution is 2.25. The van der Waals surface area contributed by atoms with Crippen molar-refractivity contribution < 1.29 is 0 Å². The number of rotatable bonds is 11. The summed E-state index contributed by atoms with van der Waals surface area (Å²) in [5.74, 6) is 1.48. The molecule has 19 heavy (non-hydrogen) atoms. The van der Waals surface area contributed by atoms with Gasteiger partial charge < -0.3 is 0 Å². The lowest BCUT2D eigenvalue weighted by molar-refractivity contribution is 0.436. The number of thiol groups is 1. The van der Waals surface area contributed by atoms with Crippen molar-refractivity contribution in [2.75, 3.05) is 0 Å². The molecule has 0 aromatic carbocycles. The Balaban J connectivity index is 3.96. The summed E-state index contributed by atoms with van der Waals surface area (Å²) in [6.45, 7) is 13.2. The first-order chi connectivity index (χ1) is 9.04. The summed E-state index contributed by atoms with van der Waals surface area (Å²) in [5.41, 5.74) is 1.44. The van der Waals surface area contributed by atoms with E-state index in [4.69, 9.17) is 0 Å². The zero-order valence-electron chi connectivity index (χ0n) is 13.5. The van der Waals surface area contributed by atoms with Gasteiger partial charge in [-0.2, -0.15) is 12.6 Å². The maximum absolute atomic E-state index is 4.63. The highest BCUT2D eigenvalue weighted by Gasteiger charge is 2.12. The third-order valence-electron chi connectivity index (χ3n) is 4.05. The van der Waals surface area contributed by atoms with Gasteiger partial charge >= 0.3 is 0 Å². The summed E-state index contributed by atoms with van der Waals surface area (Å²) in [4.78, 5) is 0. The summed E-state index contributed by atoms with van der Waals surface area (Å²) in [6, 6.07) is 0. The van der Waals surface area contributed by atoms with Gasteiger partial charge in [0.2, 0.25) is 0 Å². The fourth-order valence-corrected chi connectivity index (χ4v) is 2.76. The lowest BCUT2D eigenvalue weighted by Gasteiger charge is -2.19. The topological polar surface area (TPSA) is 0 Å². The van der Waals surface area contributed by atoms with Gasteiger partial charge in [-0.25, -0.2) is 0 Å². The van der Waals surface area contributed by atoms with Crippen molar-refractivity contribution in [1.82, 2.24) is 0 Å². The molecule has 0 aromatic heterocycles. The van der Waals surface area contributed by atoms with Crippen LogP contribution in [0.25, 0.3) is 0 Å². The van der Waals surface area contributed by atoms with Crippen molar-refractivity contribution >= 4 is 12.6 Å². The highest BCUT2D eigenvalue weighted by molar-refractivity contribution is 7.81. The maximum Gasteiger partial charge on any atom is 0.0222 e. The molecule has 0 aromatic rings. The van der Waals surface area contributed by atoms with E-state index in [1.807, 2.05) is 0 Å². The predicted molar refractivity (Wildman–Crippen MR) is 93.0 cm³/mol. The number of allylic oxidation sites excluding steroid dienone is 2. The Morgan fingerprint density at radius 3 is 2.47 bits per heavy atom. The zero-order chi connectivity index (χ0) is 14.7. The van der Waals surface area contributed by atoms with Crippen molar-refractivity contribution in [1.29, 1.82) is 0 Å². The van der Waals surface area contributed by atoms with Gasteiger partial charge in [0.25, 0.3) is 0 Å². The van der Waals surface area contributed by atoms with Gasteiger partial charge in [0.15, 0.2) is 0 Å². The quantitative estimate of drug-likeness (QED) is 0.327. The molecule has 0 aliphatic rings. The average molecular weight is 283 g/mol. The molecule has 0 fully saturated rings. The Hall–Kier alpha value is -0.170. The summed E-state index contributed by atoms with van der Waals surface area (Å²) in [7, 11) is 0.